The topological polar surface area (TPSA) is 80.3 Å². The van der Waals surface area contributed by atoms with E-state index in [0.29, 0.717) is 53.3 Å². The van der Waals surface area contributed by atoms with Crippen molar-refractivity contribution in [1.82, 2.24) is 19.4 Å². The van der Waals surface area contributed by atoms with Crippen molar-refractivity contribution >= 4 is 28.6 Å². The lowest BCUT2D eigenvalue weighted by Crippen LogP contribution is -2.31. The maximum atomic E-state index is 15.3. The van der Waals surface area contributed by atoms with Crippen LogP contribution in [0.3, 0.4) is 0 Å². The van der Waals surface area contributed by atoms with Crippen LogP contribution in [0.15, 0.2) is 48.9 Å². The van der Waals surface area contributed by atoms with Crippen LogP contribution in [0.5, 0.6) is 0 Å². The molecule has 0 saturated carbocycles. The first kappa shape index (κ1) is 20.9. The number of nitrogen functional groups attached to an aromatic ring is 1. The number of nitrogens with two attached hydrogens (primary N) is 1. The second-order valence-electron chi connectivity index (χ2n) is 8.56. The van der Waals surface area contributed by atoms with Crippen LogP contribution in [-0.2, 0) is 13.6 Å². The van der Waals surface area contributed by atoms with Crippen molar-refractivity contribution < 1.29 is 9.18 Å². The summed E-state index contributed by atoms with van der Waals surface area (Å²) >= 11 is 0. The third-order valence-electron chi connectivity index (χ3n) is 6.30. The normalized spacial score (nSPS) is 14.0. The number of aromatic nitrogens is 3. The number of benzene rings is 2. The van der Waals surface area contributed by atoms with Crippen LogP contribution in [0.4, 0.5) is 20.7 Å². The average Bonchev–Trinajstić information content (AvgIpc) is 3.31. The Morgan fingerprint density at radius 3 is 2.67 bits per heavy atom. The minimum atomic E-state index is -0.427. The number of carbonyl (C=O) groups excluding carboxylic acids is 1. The summed E-state index contributed by atoms with van der Waals surface area (Å²) < 4.78 is 17.1. The van der Waals surface area contributed by atoms with E-state index in [4.69, 9.17) is 5.73 Å². The molecule has 0 bridgehead atoms. The van der Waals surface area contributed by atoms with Crippen LogP contribution in [-0.4, -0.2) is 38.6 Å². The van der Waals surface area contributed by atoms with Crippen molar-refractivity contribution in [2.45, 2.75) is 20.4 Å². The van der Waals surface area contributed by atoms with Gasteiger partial charge < -0.3 is 15.2 Å². The molecule has 168 valence electrons. The fourth-order valence-electron chi connectivity index (χ4n) is 4.47. The molecule has 0 spiro atoms. The molecule has 8 heteroatoms. The molecule has 2 N–H and O–H groups in total. The van der Waals surface area contributed by atoms with Crippen molar-refractivity contribution in [2.24, 2.45) is 7.05 Å². The Hall–Kier alpha value is -3.94. The molecule has 2 amide bonds. The summed E-state index contributed by atoms with van der Waals surface area (Å²) in [6, 6.07) is 11.0. The summed E-state index contributed by atoms with van der Waals surface area (Å²) in [5, 5.41) is 0.614. The summed E-state index contributed by atoms with van der Waals surface area (Å²) in [6.07, 6.45) is 3.19. The summed E-state index contributed by atoms with van der Waals surface area (Å²) in [7, 11) is 1.83. The Morgan fingerprint density at radius 1 is 1.06 bits per heavy atom. The number of fused-ring (bicyclic) bond motifs is 1. The molecular formula is C25H25FN6O. The van der Waals surface area contributed by atoms with E-state index >= 15 is 4.39 Å². The molecule has 33 heavy (non-hydrogen) atoms. The summed E-state index contributed by atoms with van der Waals surface area (Å²) in [4.78, 5) is 24.8. The lowest BCUT2D eigenvalue weighted by Gasteiger charge is -2.20. The zero-order chi connectivity index (χ0) is 23.3. The van der Waals surface area contributed by atoms with E-state index in [2.05, 4.69) is 28.2 Å². The average molecular weight is 445 g/mol. The Balaban J connectivity index is 1.43. The highest BCUT2D eigenvalue weighted by Gasteiger charge is 2.30. The van der Waals surface area contributed by atoms with Gasteiger partial charge in [-0.15, -0.1) is 0 Å². The quantitative estimate of drug-likeness (QED) is 0.505. The number of anilines is 2. The Bertz CT molecular complexity index is 1400. The van der Waals surface area contributed by atoms with Crippen LogP contribution in [0.1, 0.15) is 16.7 Å². The molecule has 1 saturated heterocycles. The molecule has 7 nitrogen and oxygen atoms in total. The van der Waals surface area contributed by atoms with E-state index in [1.165, 1.54) is 12.4 Å². The number of hydrogen-bond donors (Lipinski definition) is 1. The molecule has 2 aromatic carbocycles. The van der Waals surface area contributed by atoms with E-state index < -0.39 is 5.82 Å². The van der Waals surface area contributed by atoms with Gasteiger partial charge in [0.1, 0.15) is 23.6 Å². The molecule has 0 atom stereocenters. The van der Waals surface area contributed by atoms with Gasteiger partial charge in [0.25, 0.3) is 0 Å². The second-order valence-corrected chi connectivity index (χ2v) is 8.56. The van der Waals surface area contributed by atoms with Gasteiger partial charge in [-0.1, -0.05) is 23.8 Å². The predicted molar refractivity (Wildman–Crippen MR) is 127 cm³/mol. The lowest BCUT2D eigenvalue weighted by molar-refractivity contribution is 0.218. The fourth-order valence-corrected chi connectivity index (χ4v) is 4.47. The number of urea groups is 1. The molecule has 3 heterocycles. The summed E-state index contributed by atoms with van der Waals surface area (Å²) in [5.41, 5.74) is 11.7. The summed E-state index contributed by atoms with van der Waals surface area (Å²) in [6.45, 7) is 5.73. The van der Waals surface area contributed by atoms with Gasteiger partial charge in [-0.2, -0.15) is 0 Å². The minimum Gasteiger partial charge on any atom is -0.383 e. The van der Waals surface area contributed by atoms with Gasteiger partial charge in [0.05, 0.1) is 5.39 Å². The van der Waals surface area contributed by atoms with Crippen molar-refractivity contribution in [3.63, 3.8) is 0 Å². The molecule has 1 aliphatic rings. The van der Waals surface area contributed by atoms with Gasteiger partial charge in [0.2, 0.25) is 0 Å². The highest BCUT2D eigenvalue weighted by atomic mass is 19.1. The number of carbonyl (C=O) groups is 1. The van der Waals surface area contributed by atoms with E-state index in [1.54, 1.807) is 32.7 Å². The first-order chi connectivity index (χ1) is 15.8. The number of hydrogen-bond acceptors (Lipinski definition) is 4. The molecule has 4 aromatic rings. The monoisotopic (exact) mass is 444 g/mol. The Kier molecular flexibility index (Phi) is 5.00. The molecule has 0 aliphatic carbocycles. The molecule has 1 fully saturated rings. The predicted octanol–water partition coefficient (Wildman–Crippen LogP) is 4.42. The number of aryl methyl sites for hydroxylation is 3. The van der Waals surface area contributed by atoms with Gasteiger partial charge in [-0.25, -0.2) is 19.2 Å². The van der Waals surface area contributed by atoms with Crippen molar-refractivity contribution in [1.29, 1.82) is 0 Å². The Labute approximate surface area is 191 Å². The van der Waals surface area contributed by atoms with Crippen LogP contribution in [0, 0.1) is 19.7 Å². The molecule has 1 aliphatic heterocycles. The number of amides is 2. The van der Waals surface area contributed by atoms with Crippen molar-refractivity contribution in [3.05, 3.63) is 71.4 Å². The van der Waals surface area contributed by atoms with Gasteiger partial charge in [0, 0.05) is 49.7 Å². The Morgan fingerprint density at radius 2 is 1.88 bits per heavy atom. The number of rotatable bonds is 4. The van der Waals surface area contributed by atoms with E-state index in [1.807, 2.05) is 20.9 Å². The van der Waals surface area contributed by atoms with Crippen LogP contribution >= 0.6 is 0 Å². The lowest BCUT2D eigenvalue weighted by atomic mass is 10.0. The van der Waals surface area contributed by atoms with Crippen LogP contribution in [0.2, 0.25) is 0 Å². The molecule has 0 radical (unpaired) electrons. The van der Waals surface area contributed by atoms with Crippen molar-refractivity contribution in [3.8, 4) is 11.1 Å². The SMILES string of the molecule is Cc1ccc(C)c(CN2CCN(c3ccc(-c4cn(C)c5ncnc(N)c45)c(F)c3)C2=O)c1. The minimum absolute atomic E-state index is 0.120. The number of nitrogens with zero attached hydrogens (tertiary/aromatic N) is 5. The van der Waals surface area contributed by atoms with Gasteiger partial charge in [-0.3, -0.25) is 4.90 Å². The highest BCUT2D eigenvalue weighted by Crippen LogP contribution is 2.35. The van der Waals surface area contributed by atoms with Gasteiger partial charge in [-0.05, 0) is 43.2 Å². The first-order valence-corrected chi connectivity index (χ1v) is 10.8. The molecule has 0 unspecified atom stereocenters. The zero-order valence-electron chi connectivity index (χ0n) is 18.8. The van der Waals surface area contributed by atoms with E-state index in [0.717, 1.165) is 16.7 Å². The van der Waals surface area contributed by atoms with Crippen molar-refractivity contribution in [2.75, 3.05) is 23.7 Å². The second kappa shape index (κ2) is 7.88. The van der Waals surface area contributed by atoms with Gasteiger partial charge in [0.15, 0.2) is 0 Å². The number of halogens is 1. The van der Waals surface area contributed by atoms with E-state index in [9.17, 15) is 4.79 Å². The standard InChI is InChI=1S/C25H25FN6O/c1-15-4-5-16(2)17(10-15)12-31-8-9-32(25(31)33)18-6-7-19(21(26)11-18)20-13-30(3)24-22(20)23(27)28-14-29-24/h4-7,10-11,13-14H,8-9,12H2,1-3H3,(H2,27,28,29). The molecule has 5 rings (SSSR count). The molecule has 2 aromatic heterocycles. The third kappa shape index (κ3) is 3.57. The van der Waals surface area contributed by atoms with Crippen LogP contribution in [0.25, 0.3) is 22.2 Å². The maximum Gasteiger partial charge on any atom is 0.324 e. The fraction of sp³-hybridized carbons (Fsp3) is 0.240. The van der Waals surface area contributed by atoms with E-state index in [-0.39, 0.29) is 6.03 Å². The third-order valence-corrected chi connectivity index (χ3v) is 6.30. The smallest absolute Gasteiger partial charge is 0.324 e. The van der Waals surface area contributed by atoms with Crippen LogP contribution < -0.4 is 10.6 Å². The summed E-state index contributed by atoms with van der Waals surface area (Å²) in [5.74, 6) is -0.125. The maximum absolute atomic E-state index is 15.3. The molecular weight excluding hydrogens is 419 g/mol. The largest absolute Gasteiger partial charge is 0.383 e. The van der Waals surface area contributed by atoms with Gasteiger partial charge >= 0.3 is 6.03 Å². The highest BCUT2D eigenvalue weighted by molar-refractivity contribution is 6.01. The first-order valence-electron chi connectivity index (χ1n) is 10.8. The zero-order valence-corrected chi connectivity index (χ0v) is 18.8.